The van der Waals surface area contributed by atoms with Crippen molar-refractivity contribution in [1.29, 1.82) is 0 Å². The fourth-order valence-electron chi connectivity index (χ4n) is 2.00. The Labute approximate surface area is 78.5 Å². The van der Waals surface area contributed by atoms with E-state index in [1.165, 1.54) is 0 Å². The molecular weight excluding hydrogens is 168 g/mol. The highest BCUT2D eigenvalue weighted by Gasteiger charge is 2.31. The third-order valence-electron chi connectivity index (χ3n) is 2.80. The summed E-state index contributed by atoms with van der Waals surface area (Å²) in [6.07, 6.45) is 2.89. The van der Waals surface area contributed by atoms with Gasteiger partial charge in [-0.1, -0.05) is 26.7 Å². The lowest BCUT2D eigenvalue weighted by Gasteiger charge is -2.26. The van der Waals surface area contributed by atoms with Crippen LogP contribution in [0.3, 0.4) is 0 Å². The zero-order chi connectivity index (χ0) is 9.84. The average Bonchev–Trinajstić information content (AvgIpc) is 2.04. The van der Waals surface area contributed by atoms with Crippen molar-refractivity contribution in [3.63, 3.8) is 0 Å². The zero-order valence-corrected chi connectivity index (χ0v) is 8.21. The van der Waals surface area contributed by atoms with Gasteiger partial charge in [0.2, 0.25) is 0 Å². The van der Waals surface area contributed by atoms with E-state index in [2.05, 4.69) is 18.6 Å². The minimum absolute atomic E-state index is 0.212. The molecule has 0 aromatic rings. The van der Waals surface area contributed by atoms with Crippen LogP contribution in [0.15, 0.2) is 0 Å². The van der Waals surface area contributed by atoms with E-state index in [0.29, 0.717) is 18.8 Å². The molecule has 0 aliphatic carbocycles. The number of carbonyl (C=O) groups is 2. The summed E-state index contributed by atoms with van der Waals surface area (Å²) >= 11 is 0. The van der Waals surface area contributed by atoms with Gasteiger partial charge in [-0.05, 0) is 11.8 Å². The van der Waals surface area contributed by atoms with E-state index >= 15 is 0 Å². The molecule has 0 unspecified atom stereocenters. The molecule has 3 heteroatoms. The minimum atomic E-state index is -0.354. The predicted octanol–water partition coefficient (Wildman–Crippen LogP) is 1.90. The third-order valence-corrected chi connectivity index (χ3v) is 2.80. The van der Waals surface area contributed by atoms with Crippen molar-refractivity contribution in [3.8, 4) is 0 Å². The maximum atomic E-state index is 11.0. The first-order valence-corrected chi connectivity index (χ1v) is 4.90. The van der Waals surface area contributed by atoms with Gasteiger partial charge in [-0.15, -0.1) is 0 Å². The van der Waals surface area contributed by atoms with Crippen molar-refractivity contribution in [2.75, 3.05) is 0 Å². The van der Waals surface area contributed by atoms with Gasteiger partial charge in [-0.25, -0.2) is 0 Å². The van der Waals surface area contributed by atoms with Crippen molar-refractivity contribution in [2.45, 2.75) is 39.5 Å². The van der Waals surface area contributed by atoms with E-state index in [4.69, 9.17) is 0 Å². The molecule has 1 rings (SSSR count). The van der Waals surface area contributed by atoms with Crippen LogP contribution in [0.25, 0.3) is 0 Å². The zero-order valence-electron chi connectivity index (χ0n) is 8.21. The summed E-state index contributed by atoms with van der Waals surface area (Å²) in [4.78, 5) is 22.0. The van der Waals surface area contributed by atoms with Crippen LogP contribution in [0.4, 0.5) is 0 Å². The highest BCUT2D eigenvalue weighted by molar-refractivity contribution is 5.88. The Morgan fingerprint density at radius 3 is 2.08 bits per heavy atom. The Bertz CT molecular complexity index is 190. The van der Waals surface area contributed by atoms with Crippen molar-refractivity contribution >= 4 is 11.9 Å². The van der Waals surface area contributed by atoms with Crippen LogP contribution in [0, 0.1) is 11.8 Å². The molecule has 1 saturated heterocycles. The quantitative estimate of drug-likeness (QED) is 0.497. The Morgan fingerprint density at radius 1 is 1.23 bits per heavy atom. The number of carbonyl (C=O) groups excluding carboxylic acids is 2. The van der Waals surface area contributed by atoms with Gasteiger partial charge in [0.15, 0.2) is 0 Å². The number of rotatable bonds is 3. The second-order valence-electron chi connectivity index (χ2n) is 3.59. The first-order valence-electron chi connectivity index (χ1n) is 4.90. The largest absolute Gasteiger partial charge is 0.393 e. The summed E-state index contributed by atoms with van der Waals surface area (Å²) in [5.74, 6) is -0.0122. The molecule has 0 N–H and O–H groups in total. The van der Waals surface area contributed by atoms with E-state index < -0.39 is 0 Å². The lowest BCUT2D eigenvalue weighted by Crippen LogP contribution is -2.29. The Kier molecular flexibility index (Phi) is 3.46. The van der Waals surface area contributed by atoms with E-state index in [1.807, 2.05) is 0 Å². The van der Waals surface area contributed by atoms with Crippen LogP contribution in [-0.4, -0.2) is 11.9 Å². The molecule has 0 spiro atoms. The predicted molar refractivity (Wildman–Crippen MR) is 47.9 cm³/mol. The van der Waals surface area contributed by atoms with Crippen molar-refractivity contribution < 1.29 is 14.3 Å². The van der Waals surface area contributed by atoms with Crippen molar-refractivity contribution in [2.24, 2.45) is 11.8 Å². The second kappa shape index (κ2) is 4.40. The van der Waals surface area contributed by atoms with Gasteiger partial charge in [0.25, 0.3) is 0 Å². The maximum absolute atomic E-state index is 11.0. The van der Waals surface area contributed by atoms with E-state index in [-0.39, 0.29) is 17.9 Å². The molecule has 0 radical (unpaired) electrons. The van der Waals surface area contributed by atoms with E-state index in [1.54, 1.807) is 0 Å². The molecule has 0 aromatic carbocycles. The molecule has 3 nitrogen and oxygen atoms in total. The Morgan fingerprint density at radius 2 is 1.69 bits per heavy atom. The summed E-state index contributed by atoms with van der Waals surface area (Å²) in [6, 6.07) is 0. The molecule has 0 bridgehead atoms. The number of ether oxygens (including phenoxy) is 1. The lowest BCUT2D eigenvalue weighted by molar-refractivity contribution is -0.166. The van der Waals surface area contributed by atoms with Crippen LogP contribution >= 0.6 is 0 Å². The molecule has 0 atom stereocenters. The van der Waals surface area contributed by atoms with Gasteiger partial charge in [0, 0.05) is 12.8 Å². The van der Waals surface area contributed by atoms with Gasteiger partial charge < -0.3 is 4.74 Å². The maximum Gasteiger partial charge on any atom is 0.313 e. The number of hydrogen-bond acceptors (Lipinski definition) is 3. The standard InChI is InChI=1S/C10H16O3/c1-3-7(4-2)8-5-9(11)13-10(12)6-8/h7-8H,3-6H2,1-2H3. The van der Waals surface area contributed by atoms with E-state index in [0.717, 1.165) is 12.8 Å². The fourth-order valence-corrected chi connectivity index (χ4v) is 2.00. The van der Waals surface area contributed by atoms with Crippen LogP contribution in [0.1, 0.15) is 39.5 Å². The topological polar surface area (TPSA) is 43.4 Å². The van der Waals surface area contributed by atoms with Gasteiger partial charge >= 0.3 is 11.9 Å². The molecule has 0 aromatic heterocycles. The Balaban J connectivity index is 2.58. The molecule has 1 aliphatic rings. The first kappa shape index (κ1) is 10.2. The number of cyclic esters (lactones) is 2. The minimum Gasteiger partial charge on any atom is -0.393 e. The fraction of sp³-hybridized carbons (Fsp3) is 0.800. The molecule has 1 heterocycles. The Hall–Kier alpha value is -0.860. The molecule has 1 aliphatic heterocycles. The SMILES string of the molecule is CCC(CC)C1CC(=O)OC(=O)C1. The molecule has 0 saturated carbocycles. The number of hydrogen-bond donors (Lipinski definition) is 0. The van der Waals surface area contributed by atoms with Crippen LogP contribution < -0.4 is 0 Å². The van der Waals surface area contributed by atoms with Crippen molar-refractivity contribution in [1.82, 2.24) is 0 Å². The summed E-state index contributed by atoms with van der Waals surface area (Å²) in [5, 5.41) is 0. The number of esters is 2. The average molecular weight is 184 g/mol. The summed E-state index contributed by atoms with van der Waals surface area (Å²) < 4.78 is 4.48. The van der Waals surface area contributed by atoms with Gasteiger partial charge in [0.05, 0.1) is 0 Å². The van der Waals surface area contributed by atoms with Gasteiger partial charge in [-0.3, -0.25) is 9.59 Å². The lowest BCUT2D eigenvalue weighted by atomic mass is 9.82. The molecule has 13 heavy (non-hydrogen) atoms. The first-order chi connectivity index (χ1) is 6.17. The molecule has 74 valence electrons. The summed E-state index contributed by atoms with van der Waals surface area (Å²) in [5.41, 5.74) is 0. The normalized spacial score (nSPS) is 19.3. The third kappa shape index (κ3) is 2.54. The molecule has 1 fully saturated rings. The van der Waals surface area contributed by atoms with Gasteiger partial charge in [-0.2, -0.15) is 0 Å². The smallest absolute Gasteiger partial charge is 0.313 e. The van der Waals surface area contributed by atoms with Crippen LogP contribution in [0.5, 0.6) is 0 Å². The summed E-state index contributed by atoms with van der Waals surface area (Å²) in [6.45, 7) is 4.19. The molecule has 0 amide bonds. The monoisotopic (exact) mass is 184 g/mol. The van der Waals surface area contributed by atoms with Crippen LogP contribution in [-0.2, 0) is 14.3 Å². The molecular formula is C10H16O3. The summed E-state index contributed by atoms with van der Waals surface area (Å²) in [7, 11) is 0. The highest BCUT2D eigenvalue weighted by atomic mass is 16.6. The van der Waals surface area contributed by atoms with Gasteiger partial charge in [0.1, 0.15) is 0 Å². The van der Waals surface area contributed by atoms with Crippen molar-refractivity contribution in [3.05, 3.63) is 0 Å². The van der Waals surface area contributed by atoms with Crippen LogP contribution in [0.2, 0.25) is 0 Å². The van der Waals surface area contributed by atoms with E-state index in [9.17, 15) is 9.59 Å². The highest BCUT2D eigenvalue weighted by Crippen LogP contribution is 2.29. The second-order valence-corrected chi connectivity index (χ2v) is 3.59.